The standard InChI is InChI=1S/C30H29Cl2N7/c31-27-15-23(35-30(32)38-27)17-33-16-20-6-3-7-21(14-20)18-39(19-28-36-24-10-1-2-11-25(24)37-28)26-12-4-8-22-9-5-13-34-29(22)26/h1-3,5-7,9-11,13-15,26,33H,4,8,12,16-19H2,(H,36,37). The third-order valence-corrected chi connectivity index (χ3v) is 7.49. The van der Waals surface area contributed by atoms with Crippen LogP contribution in [0.5, 0.6) is 0 Å². The molecule has 3 aromatic heterocycles. The first-order valence-corrected chi connectivity index (χ1v) is 14.0. The summed E-state index contributed by atoms with van der Waals surface area (Å²) in [5, 5.41) is 3.94. The van der Waals surface area contributed by atoms with E-state index in [0.29, 0.717) is 24.8 Å². The number of nitrogens with zero attached hydrogens (tertiary/aromatic N) is 5. The van der Waals surface area contributed by atoms with Gasteiger partial charge in [0, 0.05) is 25.8 Å². The second kappa shape index (κ2) is 11.8. The predicted octanol–water partition coefficient (Wildman–Crippen LogP) is 6.42. The lowest BCUT2D eigenvalue weighted by molar-refractivity contribution is 0.153. The lowest BCUT2D eigenvalue weighted by Crippen LogP contribution is -2.32. The quantitative estimate of drug-likeness (QED) is 0.160. The van der Waals surface area contributed by atoms with Crippen LogP contribution in [0.4, 0.5) is 0 Å². The highest BCUT2D eigenvalue weighted by Crippen LogP contribution is 2.34. The molecule has 5 aromatic rings. The van der Waals surface area contributed by atoms with Crippen LogP contribution in [0.1, 0.15) is 52.8 Å². The first-order valence-electron chi connectivity index (χ1n) is 13.2. The topological polar surface area (TPSA) is 82.6 Å². The molecule has 1 unspecified atom stereocenters. The molecule has 9 heteroatoms. The van der Waals surface area contributed by atoms with E-state index in [2.05, 4.69) is 67.6 Å². The number of nitrogens with one attached hydrogen (secondary N) is 2. The van der Waals surface area contributed by atoms with Gasteiger partial charge in [0.25, 0.3) is 0 Å². The van der Waals surface area contributed by atoms with E-state index in [1.165, 1.54) is 22.4 Å². The highest BCUT2D eigenvalue weighted by atomic mass is 35.5. The van der Waals surface area contributed by atoms with Gasteiger partial charge in [-0.1, -0.05) is 54.1 Å². The van der Waals surface area contributed by atoms with E-state index in [1.54, 1.807) is 6.07 Å². The number of fused-ring (bicyclic) bond motifs is 2. The fraction of sp³-hybridized carbons (Fsp3) is 0.267. The Balaban J connectivity index is 1.22. The summed E-state index contributed by atoms with van der Waals surface area (Å²) >= 11 is 12.0. The van der Waals surface area contributed by atoms with E-state index in [-0.39, 0.29) is 11.3 Å². The van der Waals surface area contributed by atoms with Gasteiger partial charge in [-0.2, -0.15) is 0 Å². The molecule has 39 heavy (non-hydrogen) atoms. The summed E-state index contributed by atoms with van der Waals surface area (Å²) in [7, 11) is 0. The number of aromatic amines is 1. The van der Waals surface area contributed by atoms with Gasteiger partial charge in [0.1, 0.15) is 11.0 Å². The van der Waals surface area contributed by atoms with Gasteiger partial charge in [-0.15, -0.1) is 0 Å². The van der Waals surface area contributed by atoms with Crippen molar-refractivity contribution in [2.75, 3.05) is 0 Å². The number of imidazole rings is 1. The molecule has 0 radical (unpaired) electrons. The molecule has 6 rings (SSSR count). The van der Waals surface area contributed by atoms with Gasteiger partial charge in [0.2, 0.25) is 5.28 Å². The molecule has 0 saturated heterocycles. The Kier molecular flexibility index (Phi) is 7.83. The van der Waals surface area contributed by atoms with E-state index in [1.807, 2.05) is 24.4 Å². The summed E-state index contributed by atoms with van der Waals surface area (Å²) in [6.07, 6.45) is 5.24. The van der Waals surface area contributed by atoms with Crippen LogP contribution in [-0.2, 0) is 32.6 Å². The second-order valence-electron chi connectivity index (χ2n) is 9.94. The van der Waals surface area contributed by atoms with Crippen molar-refractivity contribution in [2.45, 2.75) is 51.5 Å². The molecular formula is C30H29Cl2N7. The molecule has 0 saturated carbocycles. The molecule has 0 bridgehead atoms. The highest BCUT2D eigenvalue weighted by molar-refractivity contribution is 6.31. The number of hydrogen-bond acceptors (Lipinski definition) is 6. The number of halogens is 2. The molecule has 2 N–H and O–H groups in total. The Morgan fingerprint density at radius 2 is 1.79 bits per heavy atom. The maximum absolute atomic E-state index is 6.01. The SMILES string of the molecule is Clc1cc(CNCc2cccc(CN(Cc3nc4ccccc4[nH]3)C3CCCc4cccnc43)c2)nc(Cl)n1. The Morgan fingerprint density at radius 1 is 0.897 bits per heavy atom. The maximum Gasteiger partial charge on any atom is 0.224 e. The third kappa shape index (κ3) is 6.28. The van der Waals surface area contributed by atoms with Crippen LogP contribution in [0.25, 0.3) is 11.0 Å². The zero-order chi connectivity index (χ0) is 26.6. The molecule has 1 aliphatic rings. The second-order valence-corrected chi connectivity index (χ2v) is 10.7. The molecule has 0 spiro atoms. The number of H-pyrrole nitrogens is 1. The van der Waals surface area contributed by atoms with Crippen molar-refractivity contribution in [3.8, 4) is 0 Å². The molecule has 3 heterocycles. The summed E-state index contributed by atoms with van der Waals surface area (Å²) < 4.78 is 0. The fourth-order valence-electron chi connectivity index (χ4n) is 5.42. The van der Waals surface area contributed by atoms with Crippen LogP contribution < -0.4 is 5.32 Å². The summed E-state index contributed by atoms with van der Waals surface area (Å²) in [6.45, 7) is 2.76. The van der Waals surface area contributed by atoms with Crippen molar-refractivity contribution < 1.29 is 0 Å². The monoisotopic (exact) mass is 557 g/mol. The fourth-order valence-corrected chi connectivity index (χ4v) is 5.87. The molecule has 7 nitrogen and oxygen atoms in total. The van der Waals surface area contributed by atoms with Crippen LogP contribution in [0.3, 0.4) is 0 Å². The summed E-state index contributed by atoms with van der Waals surface area (Å²) in [5.41, 5.74) is 7.82. The molecule has 1 atom stereocenters. The smallest absolute Gasteiger partial charge is 0.224 e. The minimum Gasteiger partial charge on any atom is -0.341 e. The zero-order valence-electron chi connectivity index (χ0n) is 21.4. The van der Waals surface area contributed by atoms with Crippen molar-refractivity contribution >= 4 is 34.2 Å². The van der Waals surface area contributed by atoms with Gasteiger partial charge >= 0.3 is 0 Å². The normalized spacial score (nSPS) is 15.1. The molecule has 2 aromatic carbocycles. The van der Waals surface area contributed by atoms with E-state index < -0.39 is 0 Å². The number of aromatic nitrogens is 5. The lowest BCUT2D eigenvalue weighted by atomic mass is 9.90. The van der Waals surface area contributed by atoms with Crippen molar-refractivity contribution in [2.24, 2.45) is 0 Å². The molecule has 1 aliphatic carbocycles. The number of benzene rings is 2. The van der Waals surface area contributed by atoms with E-state index in [0.717, 1.165) is 48.4 Å². The minimum absolute atomic E-state index is 0.157. The zero-order valence-corrected chi connectivity index (χ0v) is 23.0. The Morgan fingerprint density at radius 3 is 2.69 bits per heavy atom. The van der Waals surface area contributed by atoms with E-state index >= 15 is 0 Å². The van der Waals surface area contributed by atoms with Crippen molar-refractivity contribution in [3.05, 3.63) is 117 Å². The van der Waals surface area contributed by atoms with Crippen LogP contribution in [0.15, 0.2) is 72.9 Å². The highest BCUT2D eigenvalue weighted by Gasteiger charge is 2.28. The van der Waals surface area contributed by atoms with Gasteiger partial charge in [-0.25, -0.2) is 15.0 Å². The Labute approximate surface area is 237 Å². The number of aryl methyl sites for hydroxylation is 1. The molecule has 0 aliphatic heterocycles. The van der Waals surface area contributed by atoms with Crippen molar-refractivity contribution in [1.82, 2.24) is 35.1 Å². The van der Waals surface area contributed by atoms with Gasteiger partial charge in [-0.05, 0) is 71.8 Å². The number of pyridine rings is 1. The van der Waals surface area contributed by atoms with E-state index in [4.69, 9.17) is 33.2 Å². The van der Waals surface area contributed by atoms with Crippen LogP contribution in [-0.4, -0.2) is 29.8 Å². The minimum atomic E-state index is 0.157. The average molecular weight is 559 g/mol. The largest absolute Gasteiger partial charge is 0.341 e. The van der Waals surface area contributed by atoms with Gasteiger partial charge in [-0.3, -0.25) is 9.88 Å². The third-order valence-electron chi connectivity index (χ3n) is 7.13. The number of para-hydroxylation sites is 2. The van der Waals surface area contributed by atoms with Crippen LogP contribution in [0, 0.1) is 0 Å². The summed E-state index contributed by atoms with van der Waals surface area (Å²) in [4.78, 5) is 23.9. The Hall–Kier alpha value is -3.36. The van der Waals surface area contributed by atoms with Crippen LogP contribution >= 0.6 is 23.2 Å². The lowest BCUT2D eigenvalue weighted by Gasteiger charge is -2.34. The van der Waals surface area contributed by atoms with Gasteiger partial charge in [0.05, 0.1) is 35.0 Å². The van der Waals surface area contributed by atoms with E-state index in [9.17, 15) is 0 Å². The van der Waals surface area contributed by atoms with Crippen molar-refractivity contribution in [3.63, 3.8) is 0 Å². The summed E-state index contributed by atoms with van der Waals surface area (Å²) in [6, 6.07) is 23.1. The molecule has 0 amide bonds. The van der Waals surface area contributed by atoms with Gasteiger partial charge in [0.15, 0.2) is 0 Å². The number of hydrogen-bond donors (Lipinski definition) is 2. The predicted molar refractivity (Wildman–Crippen MR) is 154 cm³/mol. The van der Waals surface area contributed by atoms with Gasteiger partial charge < -0.3 is 10.3 Å². The van der Waals surface area contributed by atoms with Crippen LogP contribution in [0.2, 0.25) is 10.4 Å². The first-order chi connectivity index (χ1) is 19.1. The summed E-state index contributed by atoms with van der Waals surface area (Å²) in [5.74, 6) is 0.972. The molecular weight excluding hydrogens is 529 g/mol. The maximum atomic E-state index is 6.01. The molecule has 198 valence electrons. The average Bonchev–Trinajstić information content (AvgIpc) is 3.35. The molecule has 0 fully saturated rings. The number of rotatable bonds is 9. The first kappa shape index (κ1) is 25.9. The van der Waals surface area contributed by atoms with Crippen molar-refractivity contribution in [1.29, 1.82) is 0 Å². The Bertz CT molecular complexity index is 1530.